The zero-order valence-electron chi connectivity index (χ0n) is 10.4. The highest BCUT2D eigenvalue weighted by Gasteiger charge is 2.17. The third kappa shape index (κ3) is 4.00. The van der Waals surface area contributed by atoms with Gasteiger partial charge in [-0.2, -0.15) is 0 Å². The van der Waals surface area contributed by atoms with E-state index in [-0.39, 0.29) is 24.4 Å². The molecule has 0 radical (unpaired) electrons. The van der Waals surface area contributed by atoms with Crippen molar-refractivity contribution in [3.8, 4) is 0 Å². The van der Waals surface area contributed by atoms with E-state index in [4.69, 9.17) is 16.3 Å². The van der Waals surface area contributed by atoms with Gasteiger partial charge in [-0.3, -0.25) is 4.79 Å². The predicted octanol–water partition coefficient (Wildman–Crippen LogP) is 3.27. The van der Waals surface area contributed by atoms with Crippen LogP contribution in [0.15, 0.2) is 29.8 Å². The summed E-state index contributed by atoms with van der Waals surface area (Å²) in [5, 5.41) is 0.552. The van der Waals surface area contributed by atoms with Crippen molar-refractivity contribution in [3.63, 3.8) is 0 Å². The first kappa shape index (κ1) is 14.5. The summed E-state index contributed by atoms with van der Waals surface area (Å²) in [6.07, 6.45) is 1.76. The molecule has 1 rings (SSSR count). The molecule has 0 amide bonds. The summed E-state index contributed by atoms with van der Waals surface area (Å²) in [6.45, 7) is 3.64. The molecule has 0 unspecified atom stereocenters. The first-order valence-electron chi connectivity index (χ1n) is 5.76. The van der Waals surface area contributed by atoms with Gasteiger partial charge in [-0.05, 0) is 30.7 Å². The molecule has 3 nitrogen and oxygen atoms in total. The summed E-state index contributed by atoms with van der Waals surface area (Å²) < 4.78 is 4.87. The van der Waals surface area contributed by atoms with Gasteiger partial charge in [-0.25, -0.2) is 4.79 Å². The SMILES string of the molecule is CCOC(=O)C(=Cc1cccc(Cl)c1)C(=O)CC. The number of ketones is 1. The van der Waals surface area contributed by atoms with Gasteiger partial charge in [0.2, 0.25) is 0 Å². The Morgan fingerprint density at radius 1 is 1.33 bits per heavy atom. The van der Waals surface area contributed by atoms with E-state index in [0.29, 0.717) is 10.6 Å². The second kappa shape index (κ2) is 6.97. The van der Waals surface area contributed by atoms with E-state index in [0.717, 1.165) is 0 Å². The molecule has 0 aliphatic carbocycles. The Labute approximate surface area is 111 Å². The highest BCUT2D eigenvalue weighted by Crippen LogP contribution is 2.15. The molecule has 0 aromatic heterocycles. The summed E-state index contributed by atoms with van der Waals surface area (Å²) in [5.41, 5.74) is 0.758. The lowest BCUT2D eigenvalue weighted by atomic mass is 10.1. The van der Waals surface area contributed by atoms with Crippen molar-refractivity contribution in [3.05, 3.63) is 40.4 Å². The first-order valence-corrected chi connectivity index (χ1v) is 6.13. The minimum absolute atomic E-state index is 0.0571. The molecule has 0 spiro atoms. The number of benzene rings is 1. The van der Waals surface area contributed by atoms with Crippen LogP contribution in [0.5, 0.6) is 0 Å². The first-order chi connectivity index (χ1) is 8.58. The van der Waals surface area contributed by atoms with Gasteiger partial charge in [-0.1, -0.05) is 30.7 Å². The maximum atomic E-state index is 11.7. The number of hydrogen-bond acceptors (Lipinski definition) is 3. The number of halogens is 1. The van der Waals surface area contributed by atoms with Gasteiger partial charge >= 0.3 is 5.97 Å². The number of rotatable bonds is 5. The van der Waals surface area contributed by atoms with E-state index in [1.165, 1.54) is 6.08 Å². The molecule has 1 aromatic carbocycles. The number of Topliss-reactive ketones (excluding diaryl/α,β-unsaturated/α-hetero) is 1. The zero-order valence-corrected chi connectivity index (χ0v) is 11.2. The Bertz CT molecular complexity index is 478. The topological polar surface area (TPSA) is 43.4 Å². The molecule has 4 heteroatoms. The Morgan fingerprint density at radius 3 is 2.61 bits per heavy atom. The third-order valence-corrected chi connectivity index (χ3v) is 2.51. The molecular formula is C14H15ClO3. The number of carbonyl (C=O) groups excluding carboxylic acids is 2. The standard InChI is InChI=1S/C14H15ClO3/c1-3-13(16)12(14(17)18-4-2)9-10-6-5-7-11(15)8-10/h5-9H,3-4H2,1-2H3. The lowest BCUT2D eigenvalue weighted by Gasteiger charge is -2.05. The monoisotopic (exact) mass is 266 g/mol. The summed E-state index contributed by atoms with van der Waals surface area (Å²) in [7, 11) is 0. The molecule has 1 aromatic rings. The molecule has 0 saturated carbocycles. The molecular weight excluding hydrogens is 252 g/mol. The van der Waals surface area contributed by atoms with Crippen LogP contribution < -0.4 is 0 Å². The predicted molar refractivity (Wildman–Crippen MR) is 71.4 cm³/mol. The van der Waals surface area contributed by atoms with Gasteiger partial charge in [0.1, 0.15) is 5.57 Å². The van der Waals surface area contributed by atoms with Crippen molar-refractivity contribution < 1.29 is 14.3 Å². The number of carbonyl (C=O) groups is 2. The van der Waals surface area contributed by atoms with E-state index in [9.17, 15) is 9.59 Å². The van der Waals surface area contributed by atoms with Gasteiger partial charge in [0.25, 0.3) is 0 Å². The van der Waals surface area contributed by atoms with E-state index in [1.54, 1.807) is 38.1 Å². The fourth-order valence-electron chi connectivity index (χ4n) is 1.42. The molecule has 0 heterocycles. The average molecular weight is 267 g/mol. The molecule has 0 bridgehead atoms. The molecule has 0 fully saturated rings. The minimum Gasteiger partial charge on any atom is -0.462 e. The lowest BCUT2D eigenvalue weighted by Crippen LogP contribution is -2.15. The van der Waals surface area contributed by atoms with Crippen LogP contribution in [0.25, 0.3) is 6.08 Å². The van der Waals surface area contributed by atoms with E-state index in [2.05, 4.69) is 0 Å². The Balaban J connectivity index is 3.10. The quantitative estimate of drug-likeness (QED) is 0.356. The van der Waals surface area contributed by atoms with Gasteiger partial charge in [0.15, 0.2) is 5.78 Å². The summed E-state index contributed by atoms with van der Waals surface area (Å²) in [5.74, 6) is -0.835. The highest BCUT2D eigenvalue weighted by molar-refractivity contribution is 6.30. The Kier molecular flexibility index (Phi) is 5.59. The Hall–Kier alpha value is -1.61. The third-order valence-electron chi connectivity index (χ3n) is 2.28. The fourth-order valence-corrected chi connectivity index (χ4v) is 1.61. The van der Waals surface area contributed by atoms with Crippen molar-refractivity contribution in [1.82, 2.24) is 0 Å². The second-order valence-electron chi connectivity index (χ2n) is 3.61. The summed E-state index contributed by atoms with van der Waals surface area (Å²) in [6, 6.07) is 6.94. The van der Waals surface area contributed by atoms with Gasteiger partial charge < -0.3 is 4.74 Å². The van der Waals surface area contributed by atoms with E-state index in [1.807, 2.05) is 0 Å². The maximum Gasteiger partial charge on any atom is 0.341 e. The molecule has 0 atom stereocenters. The normalized spacial score (nSPS) is 11.2. The Morgan fingerprint density at radius 2 is 2.06 bits per heavy atom. The van der Waals surface area contributed by atoms with E-state index < -0.39 is 5.97 Å². The van der Waals surface area contributed by atoms with Crippen LogP contribution in [0.1, 0.15) is 25.8 Å². The van der Waals surface area contributed by atoms with E-state index >= 15 is 0 Å². The van der Waals surface area contributed by atoms with Crippen molar-refractivity contribution in [2.75, 3.05) is 6.61 Å². The largest absolute Gasteiger partial charge is 0.462 e. The van der Waals surface area contributed by atoms with Crippen LogP contribution in [0.4, 0.5) is 0 Å². The van der Waals surface area contributed by atoms with Crippen LogP contribution in [-0.4, -0.2) is 18.4 Å². The summed E-state index contributed by atoms with van der Waals surface area (Å²) in [4.78, 5) is 23.4. The molecule has 0 aliphatic rings. The van der Waals surface area contributed by atoms with Gasteiger partial charge in [0.05, 0.1) is 6.61 Å². The van der Waals surface area contributed by atoms with Crippen molar-refractivity contribution in [2.24, 2.45) is 0 Å². The van der Waals surface area contributed by atoms with Crippen LogP contribution in [0.2, 0.25) is 5.02 Å². The maximum absolute atomic E-state index is 11.7. The highest BCUT2D eigenvalue weighted by atomic mass is 35.5. The number of hydrogen-bond donors (Lipinski definition) is 0. The minimum atomic E-state index is -0.593. The second-order valence-corrected chi connectivity index (χ2v) is 4.05. The molecule has 0 aliphatic heterocycles. The van der Waals surface area contributed by atoms with Crippen LogP contribution in [0, 0.1) is 0 Å². The van der Waals surface area contributed by atoms with Crippen molar-refractivity contribution in [1.29, 1.82) is 0 Å². The fraction of sp³-hybridized carbons (Fsp3) is 0.286. The number of ether oxygens (including phenoxy) is 1. The van der Waals surface area contributed by atoms with Crippen LogP contribution in [-0.2, 0) is 14.3 Å². The van der Waals surface area contributed by atoms with Crippen LogP contribution in [0.3, 0.4) is 0 Å². The number of esters is 1. The van der Waals surface area contributed by atoms with Gasteiger partial charge in [-0.15, -0.1) is 0 Å². The average Bonchev–Trinajstić information content (AvgIpc) is 2.35. The smallest absolute Gasteiger partial charge is 0.341 e. The van der Waals surface area contributed by atoms with Crippen LogP contribution >= 0.6 is 11.6 Å². The zero-order chi connectivity index (χ0) is 13.5. The summed E-state index contributed by atoms with van der Waals surface area (Å²) >= 11 is 5.85. The molecule has 0 saturated heterocycles. The lowest BCUT2D eigenvalue weighted by molar-refractivity contribution is -0.139. The molecule has 18 heavy (non-hydrogen) atoms. The van der Waals surface area contributed by atoms with Crippen molar-refractivity contribution in [2.45, 2.75) is 20.3 Å². The molecule has 0 N–H and O–H groups in total. The molecule has 96 valence electrons. The van der Waals surface area contributed by atoms with Crippen molar-refractivity contribution >= 4 is 29.4 Å². The van der Waals surface area contributed by atoms with Gasteiger partial charge in [0, 0.05) is 11.4 Å².